The third kappa shape index (κ3) is 2.45. The van der Waals surface area contributed by atoms with Crippen molar-refractivity contribution in [3.8, 4) is 5.75 Å². The predicted octanol–water partition coefficient (Wildman–Crippen LogP) is 2.31. The molecule has 0 heterocycles. The van der Waals surface area contributed by atoms with Crippen LogP contribution >= 0.6 is 0 Å². The topological polar surface area (TPSA) is 9.23 Å². The summed E-state index contributed by atoms with van der Waals surface area (Å²) in [5, 5.41) is 0. The van der Waals surface area contributed by atoms with Crippen molar-refractivity contribution in [3.63, 3.8) is 0 Å². The molecule has 1 aromatic carbocycles. The van der Waals surface area contributed by atoms with Crippen molar-refractivity contribution in [1.29, 1.82) is 0 Å². The van der Waals surface area contributed by atoms with Gasteiger partial charge in [-0.2, -0.15) is 0 Å². The standard InChI is InChI=1S/C8H7F3O/c9-1-2-12-8-4-6(10)3-7(11)5-8/h3-5H,1-2H2. The minimum Gasteiger partial charge on any atom is -0.491 e. The van der Waals surface area contributed by atoms with E-state index in [9.17, 15) is 13.2 Å². The quantitative estimate of drug-likeness (QED) is 0.686. The van der Waals surface area contributed by atoms with Crippen molar-refractivity contribution in [2.24, 2.45) is 0 Å². The first-order chi connectivity index (χ1) is 5.72. The zero-order valence-corrected chi connectivity index (χ0v) is 6.19. The van der Waals surface area contributed by atoms with Crippen LogP contribution in [0.15, 0.2) is 18.2 Å². The van der Waals surface area contributed by atoms with Gasteiger partial charge in [-0.15, -0.1) is 0 Å². The fourth-order valence-corrected chi connectivity index (χ4v) is 0.768. The number of halogens is 3. The average Bonchev–Trinajstić information content (AvgIpc) is 1.99. The lowest BCUT2D eigenvalue weighted by molar-refractivity contribution is 0.271. The lowest BCUT2D eigenvalue weighted by atomic mass is 10.3. The molecule has 0 N–H and O–H groups in total. The Morgan fingerprint density at radius 1 is 1.08 bits per heavy atom. The summed E-state index contributed by atoms with van der Waals surface area (Å²) in [6.45, 7) is -0.874. The molecule has 0 aliphatic rings. The smallest absolute Gasteiger partial charge is 0.129 e. The van der Waals surface area contributed by atoms with Crippen LogP contribution in [0.3, 0.4) is 0 Å². The fourth-order valence-electron chi connectivity index (χ4n) is 0.768. The van der Waals surface area contributed by atoms with Crippen LogP contribution in [0, 0.1) is 11.6 Å². The van der Waals surface area contributed by atoms with Crippen LogP contribution < -0.4 is 4.74 Å². The molecule has 66 valence electrons. The molecule has 0 amide bonds. The molecule has 0 atom stereocenters. The highest BCUT2D eigenvalue weighted by atomic mass is 19.1. The molecule has 4 heteroatoms. The Balaban J connectivity index is 2.72. The Morgan fingerprint density at radius 3 is 2.17 bits per heavy atom. The Labute approximate surface area is 67.8 Å². The number of ether oxygens (including phenoxy) is 1. The summed E-state index contributed by atoms with van der Waals surface area (Å²) in [6.07, 6.45) is 0. The molecule has 0 bridgehead atoms. The molecule has 12 heavy (non-hydrogen) atoms. The van der Waals surface area contributed by atoms with Crippen LogP contribution in [-0.2, 0) is 0 Å². The fraction of sp³-hybridized carbons (Fsp3) is 0.250. The molecular weight excluding hydrogens is 169 g/mol. The number of rotatable bonds is 3. The third-order valence-corrected chi connectivity index (χ3v) is 1.18. The van der Waals surface area contributed by atoms with Crippen LogP contribution in [0.25, 0.3) is 0 Å². The van der Waals surface area contributed by atoms with Gasteiger partial charge in [0.15, 0.2) is 0 Å². The lowest BCUT2D eigenvalue weighted by Gasteiger charge is -2.02. The van der Waals surface area contributed by atoms with Gasteiger partial charge in [-0.05, 0) is 0 Å². The van der Waals surface area contributed by atoms with Crippen LogP contribution in [0.4, 0.5) is 13.2 Å². The zero-order valence-electron chi connectivity index (χ0n) is 6.19. The first-order valence-electron chi connectivity index (χ1n) is 3.37. The number of hydrogen-bond acceptors (Lipinski definition) is 1. The van der Waals surface area contributed by atoms with Crippen molar-refractivity contribution in [1.82, 2.24) is 0 Å². The van der Waals surface area contributed by atoms with Gasteiger partial charge in [0.05, 0.1) is 0 Å². The van der Waals surface area contributed by atoms with Crippen LogP contribution in [0.5, 0.6) is 5.75 Å². The van der Waals surface area contributed by atoms with Gasteiger partial charge < -0.3 is 4.74 Å². The minimum atomic E-state index is -0.733. The van der Waals surface area contributed by atoms with Crippen LogP contribution in [0.2, 0.25) is 0 Å². The van der Waals surface area contributed by atoms with E-state index in [2.05, 4.69) is 4.74 Å². The maximum absolute atomic E-state index is 12.4. The number of benzene rings is 1. The average molecular weight is 176 g/mol. The molecule has 0 spiro atoms. The molecule has 0 radical (unpaired) electrons. The third-order valence-electron chi connectivity index (χ3n) is 1.18. The largest absolute Gasteiger partial charge is 0.491 e. The van der Waals surface area contributed by atoms with Crippen LogP contribution in [-0.4, -0.2) is 13.3 Å². The second-order valence-electron chi connectivity index (χ2n) is 2.14. The molecule has 0 saturated carbocycles. The van der Waals surface area contributed by atoms with Gasteiger partial charge >= 0.3 is 0 Å². The van der Waals surface area contributed by atoms with E-state index in [-0.39, 0.29) is 12.4 Å². The Hall–Kier alpha value is -1.19. The maximum Gasteiger partial charge on any atom is 0.129 e. The van der Waals surface area contributed by atoms with E-state index >= 15 is 0 Å². The van der Waals surface area contributed by atoms with E-state index in [0.29, 0.717) is 0 Å². The summed E-state index contributed by atoms with van der Waals surface area (Å²) in [5.41, 5.74) is 0. The Bertz CT molecular complexity index is 242. The first-order valence-corrected chi connectivity index (χ1v) is 3.37. The lowest BCUT2D eigenvalue weighted by Crippen LogP contribution is -1.99. The molecule has 0 unspecified atom stereocenters. The van der Waals surface area contributed by atoms with Gasteiger partial charge in [-0.25, -0.2) is 13.2 Å². The second-order valence-corrected chi connectivity index (χ2v) is 2.14. The summed E-state index contributed by atoms with van der Waals surface area (Å²) >= 11 is 0. The number of hydrogen-bond donors (Lipinski definition) is 0. The summed E-state index contributed by atoms with van der Waals surface area (Å²) < 4.78 is 41.1. The van der Waals surface area contributed by atoms with Crippen molar-refractivity contribution >= 4 is 0 Å². The number of alkyl halides is 1. The van der Waals surface area contributed by atoms with E-state index in [4.69, 9.17) is 0 Å². The predicted molar refractivity (Wildman–Crippen MR) is 37.8 cm³/mol. The van der Waals surface area contributed by atoms with Gasteiger partial charge in [0.25, 0.3) is 0 Å². The van der Waals surface area contributed by atoms with Crippen LogP contribution in [0.1, 0.15) is 0 Å². The SMILES string of the molecule is FCCOc1cc(F)cc(F)c1. The second kappa shape index (κ2) is 3.99. The molecular formula is C8H7F3O. The monoisotopic (exact) mass is 176 g/mol. The van der Waals surface area contributed by atoms with Gasteiger partial charge in [0.1, 0.15) is 30.7 Å². The normalized spacial score (nSPS) is 9.92. The van der Waals surface area contributed by atoms with Crippen molar-refractivity contribution in [3.05, 3.63) is 29.8 Å². The Morgan fingerprint density at radius 2 is 1.67 bits per heavy atom. The summed E-state index contributed by atoms with van der Waals surface area (Å²) in [4.78, 5) is 0. The highest BCUT2D eigenvalue weighted by Crippen LogP contribution is 2.14. The zero-order chi connectivity index (χ0) is 8.97. The van der Waals surface area contributed by atoms with Crippen molar-refractivity contribution in [2.45, 2.75) is 0 Å². The minimum absolute atomic E-state index is 0.00477. The van der Waals surface area contributed by atoms with Crippen molar-refractivity contribution < 1.29 is 17.9 Å². The summed E-state index contributed by atoms with van der Waals surface area (Å²) in [7, 11) is 0. The molecule has 0 aliphatic heterocycles. The van der Waals surface area contributed by atoms with Gasteiger partial charge in [0, 0.05) is 18.2 Å². The van der Waals surface area contributed by atoms with Gasteiger partial charge in [0.2, 0.25) is 0 Å². The molecule has 1 aromatic rings. The van der Waals surface area contributed by atoms with Gasteiger partial charge in [-0.1, -0.05) is 0 Å². The molecule has 1 nitrogen and oxygen atoms in total. The van der Waals surface area contributed by atoms with E-state index in [1.54, 1.807) is 0 Å². The van der Waals surface area contributed by atoms with Gasteiger partial charge in [-0.3, -0.25) is 0 Å². The molecule has 0 aliphatic carbocycles. The summed E-state index contributed by atoms with van der Waals surface area (Å²) in [5.74, 6) is -1.46. The molecule has 0 aromatic heterocycles. The highest BCUT2D eigenvalue weighted by molar-refractivity contribution is 5.23. The highest BCUT2D eigenvalue weighted by Gasteiger charge is 2.00. The van der Waals surface area contributed by atoms with E-state index in [1.165, 1.54) is 0 Å². The molecule has 0 saturated heterocycles. The van der Waals surface area contributed by atoms with Crippen molar-refractivity contribution in [2.75, 3.05) is 13.3 Å². The Kier molecular flexibility index (Phi) is 2.96. The maximum atomic E-state index is 12.4. The van der Waals surface area contributed by atoms with E-state index in [0.717, 1.165) is 18.2 Å². The molecule has 0 fully saturated rings. The van der Waals surface area contributed by atoms with E-state index < -0.39 is 18.3 Å². The first kappa shape index (κ1) is 8.90. The molecule has 1 rings (SSSR count). The van der Waals surface area contributed by atoms with E-state index in [1.807, 2.05) is 0 Å². The summed E-state index contributed by atoms with van der Waals surface area (Å²) in [6, 6.07) is 2.72.